The van der Waals surface area contributed by atoms with Crippen molar-refractivity contribution in [2.45, 2.75) is 46.5 Å². The van der Waals surface area contributed by atoms with Crippen molar-refractivity contribution in [2.75, 3.05) is 6.54 Å². The van der Waals surface area contributed by atoms with Crippen LogP contribution in [-0.2, 0) is 4.79 Å². The van der Waals surface area contributed by atoms with Gasteiger partial charge in [-0.05, 0) is 23.3 Å². The van der Waals surface area contributed by atoms with Crippen LogP contribution in [0.1, 0.15) is 52.0 Å². The lowest BCUT2D eigenvalue weighted by Crippen LogP contribution is -2.37. The van der Waals surface area contributed by atoms with E-state index in [4.69, 9.17) is 0 Å². The smallest absolute Gasteiger partial charge is 0.162 e. The molecule has 0 saturated carbocycles. The molecule has 1 aliphatic carbocycles. The largest absolute Gasteiger partial charge is 0.351 e. The summed E-state index contributed by atoms with van der Waals surface area (Å²) in [4.78, 5) is 15.3. The molecule has 2 heteroatoms. The second kappa shape index (κ2) is 5.99. The molecule has 3 rings (SSSR count). The Balaban J connectivity index is 2.05. The molecule has 0 aromatic heterocycles. The van der Waals surface area contributed by atoms with E-state index in [2.05, 4.69) is 69.1 Å². The van der Waals surface area contributed by atoms with Crippen LogP contribution in [0.5, 0.6) is 0 Å². The molecule has 0 amide bonds. The number of ketones is 1. The fraction of sp³-hybridized carbons (Fsp3) is 0.476. The minimum Gasteiger partial charge on any atom is -0.351 e. The second-order valence-electron chi connectivity index (χ2n) is 8.08. The van der Waals surface area contributed by atoms with Gasteiger partial charge in [-0.1, -0.05) is 64.1 Å². The number of hydrogen-bond acceptors (Lipinski definition) is 2. The number of benzene rings is 1. The molecule has 2 nitrogen and oxygen atoms in total. The van der Waals surface area contributed by atoms with E-state index in [1.165, 1.54) is 11.3 Å². The van der Waals surface area contributed by atoms with Crippen LogP contribution < -0.4 is 0 Å². The summed E-state index contributed by atoms with van der Waals surface area (Å²) in [6.07, 6.45) is 6.03. The Morgan fingerprint density at radius 2 is 1.87 bits per heavy atom. The molecule has 0 radical (unpaired) electrons. The van der Waals surface area contributed by atoms with E-state index in [1.807, 2.05) is 6.07 Å². The monoisotopic (exact) mass is 309 g/mol. The SMILES string of the molecule is CC(C)CN1C=CC(c2ccccc2)C2=C1CC(C)(C)CC2=O. The highest BCUT2D eigenvalue weighted by molar-refractivity contribution is 5.99. The fourth-order valence-electron chi connectivity index (χ4n) is 3.79. The van der Waals surface area contributed by atoms with E-state index >= 15 is 0 Å². The molecule has 23 heavy (non-hydrogen) atoms. The van der Waals surface area contributed by atoms with Crippen LogP contribution in [0.4, 0.5) is 0 Å². The average molecular weight is 309 g/mol. The summed E-state index contributed by atoms with van der Waals surface area (Å²) in [6.45, 7) is 9.84. The molecule has 0 fully saturated rings. The molecule has 0 N–H and O–H groups in total. The van der Waals surface area contributed by atoms with Gasteiger partial charge in [-0.2, -0.15) is 0 Å². The fourth-order valence-corrected chi connectivity index (χ4v) is 3.79. The van der Waals surface area contributed by atoms with Gasteiger partial charge >= 0.3 is 0 Å². The molecule has 1 atom stereocenters. The maximum absolute atomic E-state index is 12.9. The Morgan fingerprint density at radius 3 is 2.52 bits per heavy atom. The normalized spacial score (nSPS) is 23.4. The van der Waals surface area contributed by atoms with Crippen molar-refractivity contribution in [1.29, 1.82) is 0 Å². The van der Waals surface area contributed by atoms with Gasteiger partial charge in [0, 0.05) is 36.4 Å². The van der Waals surface area contributed by atoms with Gasteiger partial charge in [-0.25, -0.2) is 0 Å². The first kappa shape index (κ1) is 16.0. The number of hydrogen-bond donors (Lipinski definition) is 0. The van der Waals surface area contributed by atoms with Crippen molar-refractivity contribution in [1.82, 2.24) is 4.90 Å². The molecular weight excluding hydrogens is 282 g/mol. The number of carbonyl (C=O) groups excluding carboxylic acids is 1. The van der Waals surface area contributed by atoms with Crippen LogP contribution in [0, 0.1) is 11.3 Å². The number of carbonyl (C=O) groups is 1. The van der Waals surface area contributed by atoms with E-state index < -0.39 is 0 Å². The minimum absolute atomic E-state index is 0.0531. The van der Waals surface area contributed by atoms with Gasteiger partial charge < -0.3 is 4.90 Å². The molecule has 0 bridgehead atoms. The summed E-state index contributed by atoms with van der Waals surface area (Å²) in [7, 11) is 0. The first-order valence-corrected chi connectivity index (χ1v) is 8.63. The van der Waals surface area contributed by atoms with Crippen LogP contribution in [-0.4, -0.2) is 17.2 Å². The van der Waals surface area contributed by atoms with Crippen molar-refractivity contribution in [3.63, 3.8) is 0 Å². The molecule has 1 heterocycles. The van der Waals surface area contributed by atoms with Gasteiger partial charge in [0.05, 0.1) is 0 Å². The summed E-state index contributed by atoms with van der Waals surface area (Å²) >= 11 is 0. The average Bonchev–Trinajstić information content (AvgIpc) is 2.47. The predicted molar refractivity (Wildman–Crippen MR) is 94.9 cm³/mol. The molecule has 0 saturated heterocycles. The van der Waals surface area contributed by atoms with Gasteiger partial charge in [0.2, 0.25) is 0 Å². The summed E-state index contributed by atoms with van der Waals surface area (Å²) in [5.74, 6) is 1.00. The maximum atomic E-state index is 12.9. The lowest BCUT2D eigenvalue weighted by molar-refractivity contribution is -0.118. The van der Waals surface area contributed by atoms with Crippen LogP contribution >= 0.6 is 0 Å². The van der Waals surface area contributed by atoms with Gasteiger partial charge in [0.25, 0.3) is 0 Å². The summed E-state index contributed by atoms with van der Waals surface area (Å²) in [6, 6.07) is 10.4. The first-order chi connectivity index (χ1) is 10.9. The third-order valence-corrected chi connectivity index (χ3v) is 4.73. The van der Waals surface area contributed by atoms with Crippen LogP contribution in [0.15, 0.2) is 53.9 Å². The van der Waals surface area contributed by atoms with E-state index in [0.29, 0.717) is 18.1 Å². The van der Waals surface area contributed by atoms with Gasteiger partial charge in [0.1, 0.15) is 0 Å². The van der Waals surface area contributed by atoms with E-state index in [0.717, 1.165) is 18.5 Å². The van der Waals surface area contributed by atoms with Gasteiger partial charge in [-0.15, -0.1) is 0 Å². The van der Waals surface area contributed by atoms with Crippen LogP contribution in [0.3, 0.4) is 0 Å². The number of rotatable bonds is 3. The Bertz CT molecular complexity index is 652. The Labute approximate surface area is 139 Å². The quantitative estimate of drug-likeness (QED) is 0.791. The molecule has 1 aliphatic heterocycles. The topological polar surface area (TPSA) is 20.3 Å². The highest BCUT2D eigenvalue weighted by Gasteiger charge is 2.39. The van der Waals surface area contributed by atoms with Crippen molar-refractivity contribution < 1.29 is 4.79 Å². The lowest BCUT2D eigenvalue weighted by atomic mass is 9.70. The summed E-state index contributed by atoms with van der Waals surface area (Å²) in [5, 5.41) is 0. The molecule has 1 aromatic rings. The van der Waals surface area contributed by atoms with Crippen molar-refractivity contribution in [3.8, 4) is 0 Å². The highest BCUT2D eigenvalue weighted by atomic mass is 16.1. The third kappa shape index (κ3) is 3.26. The van der Waals surface area contributed by atoms with Crippen LogP contribution in [0.2, 0.25) is 0 Å². The second-order valence-corrected chi connectivity index (χ2v) is 8.08. The van der Waals surface area contributed by atoms with Gasteiger partial charge in [0.15, 0.2) is 5.78 Å². The zero-order chi connectivity index (χ0) is 16.6. The Kier molecular flexibility index (Phi) is 4.18. The number of allylic oxidation sites excluding steroid dienone is 3. The lowest BCUT2D eigenvalue weighted by Gasteiger charge is -2.41. The van der Waals surface area contributed by atoms with Crippen molar-refractivity contribution in [2.24, 2.45) is 11.3 Å². The van der Waals surface area contributed by atoms with E-state index in [9.17, 15) is 4.79 Å². The molecule has 0 spiro atoms. The van der Waals surface area contributed by atoms with Crippen molar-refractivity contribution in [3.05, 3.63) is 59.4 Å². The van der Waals surface area contributed by atoms with Crippen molar-refractivity contribution >= 4 is 5.78 Å². The molecular formula is C21H27NO. The first-order valence-electron chi connectivity index (χ1n) is 8.63. The van der Waals surface area contributed by atoms with Crippen LogP contribution in [0.25, 0.3) is 0 Å². The summed E-state index contributed by atoms with van der Waals surface area (Å²) < 4.78 is 0. The zero-order valence-electron chi connectivity index (χ0n) is 14.7. The molecule has 2 aliphatic rings. The Morgan fingerprint density at radius 1 is 1.17 bits per heavy atom. The van der Waals surface area contributed by atoms with E-state index in [-0.39, 0.29) is 11.3 Å². The summed E-state index contributed by atoms with van der Waals surface area (Å²) in [5.41, 5.74) is 3.54. The highest BCUT2D eigenvalue weighted by Crippen LogP contribution is 2.45. The third-order valence-electron chi connectivity index (χ3n) is 4.73. The molecule has 122 valence electrons. The van der Waals surface area contributed by atoms with Gasteiger partial charge in [-0.3, -0.25) is 4.79 Å². The zero-order valence-corrected chi connectivity index (χ0v) is 14.7. The maximum Gasteiger partial charge on any atom is 0.162 e. The molecule has 1 unspecified atom stereocenters. The number of Topliss-reactive ketones (excluding diaryl/α,β-unsaturated/α-hetero) is 1. The predicted octanol–water partition coefficient (Wildman–Crippen LogP) is 4.90. The minimum atomic E-state index is 0.0531. The Hall–Kier alpha value is -1.83. The standard InChI is InChI=1S/C21H27NO/c1-15(2)14-22-11-10-17(16-8-6-5-7-9-16)20-18(22)12-21(3,4)13-19(20)23/h5-11,15,17H,12-14H2,1-4H3. The van der Waals surface area contributed by atoms with E-state index in [1.54, 1.807) is 0 Å². The molecule has 1 aromatic carbocycles. The number of nitrogens with zero attached hydrogens (tertiary/aromatic N) is 1.